The number of nitrogens with zero attached hydrogens (tertiary/aromatic N) is 1. The van der Waals surface area contributed by atoms with Gasteiger partial charge in [-0.05, 0) is 24.3 Å². The molecule has 0 aliphatic rings. The summed E-state index contributed by atoms with van der Waals surface area (Å²) in [7, 11) is 0. The number of halogens is 1. The van der Waals surface area contributed by atoms with E-state index >= 15 is 0 Å². The minimum absolute atomic E-state index is 0. The van der Waals surface area contributed by atoms with Crippen molar-refractivity contribution >= 4 is 40.9 Å². The summed E-state index contributed by atoms with van der Waals surface area (Å²) in [5.74, 6) is -0.314. The quantitative estimate of drug-likeness (QED) is 0.397. The van der Waals surface area contributed by atoms with Gasteiger partial charge in [-0.25, -0.2) is 0 Å². The molecule has 1 aromatic heterocycles. The normalized spacial score (nSPS) is 9.33. The lowest BCUT2D eigenvalue weighted by atomic mass is 10.2. The Morgan fingerprint density at radius 3 is 2.72 bits per heavy atom. The van der Waals surface area contributed by atoms with Crippen LogP contribution in [-0.2, 0) is 0 Å². The smallest absolute Gasteiger partial charge is 0.199 e. The molecule has 0 aliphatic heterocycles. The number of nitrogens with two attached hydrogens (primary N) is 1. The summed E-state index contributed by atoms with van der Waals surface area (Å²) in [6.07, 6.45) is 1.73. The van der Waals surface area contributed by atoms with Crippen molar-refractivity contribution in [3.63, 3.8) is 0 Å². The zero-order valence-corrected chi connectivity index (χ0v) is 10.2. The van der Waals surface area contributed by atoms with Crippen molar-refractivity contribution in [2.45, 2.75) is 0 Å². The average molecular weight is 265 g/mol. The van der Waals surface area contributed by atoms with Gasteiger partial charge >= 0.3 is 0 Å². The van der Waals surface area contributed by atoms with Crippen molar-refractivity contribution in [1.29, 1.82) is 10.8 Å². The number of aromatic nitrogens is 1. The first-order valence-corrected chi connectivity index (χ1v) is 4.96. The number of fused-ring (bicyclic) bond motifs is 1. The molecule has 0 spiro atoms. The summed E-state index contributed by atoms with van der Waals surface area (Å²) in [5, 5.41) is 20.6. The molecule has 1 heterocycles. The van der Waals surface area contributed by atoms with E-state index in [0.717, 1.165) is 16.6 Å². The Kier molecular flexibility index (Phi) is 4.45. The lowest BCUT2D eigenvalue weighted by Crippen LogP contribution is -2.39. The number of guanidine groups is 2. The van der Waals surface area contributed by atoms with Crippen LogP contribution in [0.15, 0.2) is 36.5 Å². The van der Waals surface area contributed by atoms with E-state index in [2.05, 4.69) is 15.6 Å². The molecule has 2 aromatic rings. The molecule has 0 radical (unpaired) electrons. The Morgan fingerprint density at radius 2 is 2.00 bits per heavy atom. The lowest BCUT2D eigenvalue weighted by Gasteiger charge is -2.09. The lowest BCUT2D eigenvalue weighted by molar-refractivity contribution is 1.20. The van der Waals surface area contributed by atoms with Gasteiger partial charge in [0, 0.05) is 17.3 Å². The third-order valence-corrected chi connectivity index (χ3v) is 2.13. The van der Waals surface area contributed by atoms with Crippen molar-refractivity contribution in [2.24, 2.45) is 5.73 Å². The maximum Gasteiger partial charge on any atom is 0.199 e. The van der Waals surface area contributed by atoms with Gasteiger partial charge in [-0.2, -0.15) is 0 Å². The van der Waals surface area contributed by atoms with Gasteiger partial charge in [0.2, 0.25) is 0 Å². The number of nitrogens with one attached hydrogen (secondary N) is 4. The van der Waals surface area contributed by atoms with Gasteiger partial charge in [-0.15, -0.1) is 12.4 Å². The van der Waals surface area contributed by atoms with Crippen LogP contribution >= 0.6 is 12.4 Å². The minimum Gasteiger partial charge on any atom is -0.370 e. The van der Waals surface area contributed by atoms with Crippen molar-refractivity contribution in [1.82, 2.24) is 10.3 Å². The van der Waals surface area contributed by atoms with E-state index in [1.807, 2.05) is 30.3 Å². The molecule has 0 amide bonds. The molecule has 0 aliphatic carbocycles. The Hall–Kier alpha value is -2.34. The Morgan fingerprint density at radius 1 is 1.22 bits per heavy atom. The first-order chi connectivity index (χ1) is 8.15. The van der Waals surface area contributed by atoms with Crippen LogP contribution in [0.4, 0.5) is 5.69 Å². The van der Waals surface area contributed by atoms with E-state index in [1.54, 1.807) is 6.20 Å². The highest BCUT2D eigenvalue weighted by Crippen LogP contribution is 2.16. The van der Waals surface area contributed by atoms with Crippen LogP contribution < -0.4 is 16.4 Å². The van der Waals surface area contributed by atoms with E-state index < -0.39 is 0 Å². The largest absolute Gasteiger partial charge is 0.370 e. The predicted octanol–water partition coefficient (Wildman–Crippen LogP) is 1.49. The fourth-order valence-electron chi connectivity index (χ4n) is 1.46. The fourth-order valence-corrected chi connectivity index (χ4v) is 1.46. The molecule has 0 saturated heterocycles. The fraction of sp³-hybridized carbons (Fsp3) is 0. The third-order valence-electron chi connectivity index (χ3n) is 2.13. The van der Waals surface area contributed by atoms with Crippen LogP contribution in [0, 0.1) is 10.8 Å². The first kappa shape index (κ1) is 13.7. The molecule has 7 heteroatoms. The molecule has 6 N–H and O–H groups in total. The van der Waals surface area contributed by atoms with Crippen LogP contribution in [-0.4, -0.2) is 16.9 Å². The molecule has 94 valence electrons. The highest BCUT2D eigenvalue weighted by Gasteiger charge is 2.00. The van der Waals surface area contributed by atoms with Gasteiger partial charge in [0.1, 0.15) is 0 Å². The second-order valence-corrected chi connectivity index (χ2v) is 3.45. The van der Waals surface area contributed by atoms with Gasteiger partial charge in [0.05, 0.1) is 5.52 Å². The predicted molar refractivity (Wildman–Crippen MR) is 75.4 cm³/mol. The summed E-state index contributed by atoms with van der Waals surface area (Å²) in [6.45, 7) is 0. The second-order valence-electron chi connectivity index (χ2n) is 3.45. The summed E-state index contributed by atoms with van der Waals surface area (Å²) < 4.78 is 0. The molecular weight excluding hydrogens is 252 g/mol. The zero-order chi connectivity index (χ0) is 12.3. The van der Waals surface area contributed by atoms with Crippen molar-refractivity contribution in [2.75, 3.05) is 5.32 Å². The number of anilines is 1. The summed E-state index contributed by atoms with van der Waals surface area (Å²) >= 11 is 0. The van der Waals surface area contributed by atoms with Crippen molar-refractivity contribution in [3.8, 4) is 0 Å². The summed E-state index contributed by atoms with van der Waals surface area (Å²) in [6, 6.07) is 9.34. The number of pyridine rings is 1. The van der Waals surface area contributed by atoms with Crippen molar-refractivity contribution < 1.29 is 0 Å². The zero-order valence-electron chi connectivity index (χ0n) is 9.40. The monoisotopic (exact) mass is 264 g/mol. The highest BCUT2D eigenvalue weighted by molar-refractivity contribution is 6.02. The maximum absolute atomic E-state index is 7.51. The van der Waals surface area contributed by atoms with Crippen LogP contribution in [0.3, 0.4) is 0 Å². The summed E-state index contributed by atoms with van der Waals surface area (Å²) in [4.78, 5) is 4.20. The second kappa shape index (κ2) is 5.83. The maximum atomic E-state index is 7.51. The van der Waals surface area contributed by atoms with Gasteiger partial charge in [0.25, 0.3) is 0 Å². The molecule has 0 unspecified atom stereocenters. The number of rotatable bonds is 1. The van der Waals surface area contributed by atoms with Gasteiger partial charge in [-0.3, -0.25) is 21.1 Å². The van der Waals surface area contributed by atoms with Crippen LogP contribution in [0.1, 0.15) is 0 Å². The Balaban J connectivity index is 0.00000162. The van der Waals surface area contributed by atoms with Crippen LogP contribution in [0.5, 0.6) is 0 Å². The van der Waals surface area contributed by atoms with E-state index in [4.69, 9.17) is 16.6 Å². The SMILES string of the molecule is Cl.N=C(N)NC(=N)Nc1ccc2ncccc2c1. The van der Waals surface area contributed by atoms with Crippen molar-refractivity contribution in [3.05, 3.63) is 36.5 Å². The topological polar surface area (TPSA) is 111 Å². The number of hydrogen-bond donors (Lipinski definition) is 5. The molecule has 0 fully saturated rings. The molecule has 0 saturated carbocycles. The number of hydrogen-bond acceptors (Lipinski definition) is 3. The summed E-state index contributed by atoms with van der Waals surface area (Å²) in [5.41, 5.74) is 6.75. The van der Waals surface area contributed by atoms with E-state index in [1.165, 1.54) is 0 Å². The standard InChI is InChI=1S/C11H12N6.ClH/c12-10(13)17-11(14)16-8-3-4-9-7(6-8)2-1-5-15-9;/h1-6H,(H6,12,13,14,16,17);1H. The average Bonchev–Trinajstić information content (AvgIpc) is 2.27. The molecule has 0 atom stereocenters. The van der Waals surface area contributed by atoms with E-state index in [-0.39, 0.29) is 24.3 Å². The molecule has 2 rings (SSSR count). The van der Waals surface area contributed by atoms with Gasteiger partial charge in [0.15, 0.2) is 11.9 Å². The van der Waals surface area contributed by atoms with Gasteiger partial charge < -0.3 is 11.1 Å². The van der Waals surface area contributed by atoms with Crippen LogP contribution in [0.2, 0.25) is 0 Å². The molecule has 0 bridgehead atoms. The molecule has 1 aromatic carbocycles. The molecule has 18 heavy (non-hydrogen) atoms. The molecule has 6 nitrogen and oxygen atoms in total. The highest BCUT2D eigenvalue weighted by atomic mass is 35.5. The number of benzene rings is 1. The van der Waals surface area contributed by atoms with E-state index in [9.17, 15) is 0 Å². The Bertz CT molecular complexity index is 583. The molecular formula is C11H13ClN6. The minimum atomic E-state index is -0.273. The third kappa shape index (κ3) is 3.33. The van der Waals surface area contributed by atoms with Gasteiger partial charge in [-0.1, -0.05) is 6.07 Å². The van der Waals surface area contributed by atoms with E-state index in [0.29, 0.717) is 0 Å². The first-order valence-electron chi connectivity index (χ1n) is 4.96. The Labute approximate surface area is 110 Å². The van der Waals surface area contributed by atoms with Crippen LogP contribution in [0.25, 0.3) is 10.9 Å².